The molecule has 0 amide bonds. The SMILES string of the molecule is CCn1cnnc1CCNc1ccccc1S(=O)(=O)C(F)(F)F. The number of aromatic nitrogens is 3. The Bertz CT molecular complexity index is 772. The maximum Gasteiger partial charge on any atom is 0.501 e. The maximum absolute atomic E-state index is 12.7. The highest BCUT2D eigenvalue weighted by molar-refractivity contribution is 7.92. The van der Waals surface area contributed by atoms with Crippen LogP contribution in [0.3, 0.4) is 0 Å². The van der Waals surface area contributed by atoms with E-state index in [1.54, 1.807) is 10.9 Å². The molecule has 0 aliphatic rings. The first kappa shape index (κ1) is 17.3. The van der Waals surface area contributed by atoms with Crippen LogP contribution in [0.15, 0.2) is 35.5 Å². The molecule has 1 aromatic carbocycles. The fraction of sp³-hybridized carbons (Fsp3) is 0.385. The molecule has 0 fully saturated rings. The fourth-order valence-corrected chi connectivity index (χ4v) is 2.95. The van der Waals surface area contributed by atoms with Crippen molar-refractivity contribution in [2.45, 2.75) is 30.3 Å². The molecule has 1 N–H and O–H groups in total. The molecule has 0 unspecified atom stereocenters. The summed E-state index contributed by atoms with van der Waals surface area (Å²) < 4.78 is 63.1. The second-order valence-corrected chi connectivity index (χ2v) is 6.56. The summed E-state index contributed by atoms with van der Waals surface area (Å²) in [6, 6.07) is 4.94. The van der Waals surface area contributed by atoms with E-state index in [4.69, 9.17) is 0 Å². The minimum absolute atomic E-state index is 0.0904. The lowest BCUT2D eigenvalue weighted by Gasteiger charge is -2.14. The van der Waals surface area contributed by atoms with Crippen molar-refractivity contribution >= 4 is 15.5 Å². The van der Waals surface area contributed by atoms with E-state index in [0.29, 0.717) is 18.8 Å². The topological polar surface area (TPSA) is 76.9 Å². The van der Waals surface area contributed by atoms with Crippen molar-refractivity contribution in [1.29, 1.82) is 0 Å². The van der Waals surface area contributed by atoms with Crippen LogP contribution in [0, 0.1) is 0 Å². The molecule has 1 heterocycles. The lowest BCUT2D eigenvalue weighted by Crippen LogP contribution is -2.24. The van der Waals surface area contributed by atoms with Gasteiger partial charge < -0.3 is 9.88 Å². The van der Waals surface area contributed by atoms with Crippen LogP contribution in [0.25, 0.3) is 0 Å². The number of anilines is 1. The van der Waals surface area contributed by atoms with Gasteiger partial charge in [-0.1, -0.05) is 12.1 Å². The summed E-state index contributed by atoms with van der Waals surface area (Å²) in [4.78, 5) is -0.788. The molecular weight excluding hydrogens is 333 g/mol. The van der Waals surface area contributed by atoms with Crippen molar-refractivity contribution < 1.29 is 21.6 Å². The molecule has 0 saturated heterocycles. The summed E-state index contributed by atoms with van der Waals surface area (Å²) in [7, 11) is -5.40. The van der Waals surface area contributed by atoms with E-state index in [1.165, 1.54) is 18.2 Å². The van der Waals surface area contributed by atoms with E-state index in [1.807, 2.05) is 6.92 Å². The molecule has 10 heteroatoms. The Labute approximate surface area is 131 Å². The van der Waals surface area contributed by atoms with Crippen LogP contribution in [0.4, 0.5) is 18.9 Å². The molecule has 0 bridgehead atoms. The number of nitrogens with zero attached hydrogens (tertiary/aromatic N) is 3. The molecule has 1 aromatic heterocycles. The van der Waals surface area contributed by atoms with Crippen molar-refractivity contribution in [2.24, 2.45) is 0 Å². The van der Waals surface area contributed by atoms with Crippen molar-refractivity contribution in [1.82, 2.24) is 14.8 Å². The zero-order chi connectivity index (χ0) is 17.1. The van der Waals surface area contributed by atoms with Gasteiger partial charge in [0.25, 0.3) is 9.84 Å². The lowest BCUT2D eigenvalue weighted by molar-refractivity contribution is -0.0435. The minimum Gasteiger partial charge on any atom is -0.384 e. The number of halogens is 3. The molecule has 2 rings (SSSR count). The smallest absolute Gasteiger partial charge is 0.384 e. The Balaban J connectivity index is 2.16. The third kappa shape index (κ3) is 3.63. The summed E-state index contributed by atoms with van der Waals surface area (Å²) >= 11 is 0. The van der Waals surface area contributed by atoms with Crippen LogP contribution in [-0.2, 0) is 22.8 Å². The molecule has 0 radical (unpaired) electrons. The van der Waals surface area contributed by atoms with E-state index in [-0.39, 0.29) is 12.2 Å². The van der Waals surface area contributed by atoms with Crippen molar-refractivity contribution in [3.63, 3.8) is 0 Å². The molecule has 2 aromatic rings. The maximum atomic E-state index is 12.7. The standard InChI is InChI=1S/C13H15F3N4O2S/c1-2-20-9-18-19-12(20)7-8-17-10-5-3-4-6-11(10)23(21,22)13(14,15)16/h3-6,9,17H,2,7-8H2,1H3. The van der Waals surface area contributed by atoms with Crippen LogP contribution in [0.2, 0.25) is 0 Å². The average Bonchev–Trinajstić information content (AvgIpc) is 2.94. The number of hydrogen-bond acceptors (Lipinski definition) is 5. The van der Waals surface area contributed by atoms with E-state index < -0.39 is 20.2 Å². The minimum atomic E-state index is -5.40. The molecular formula is C13H15F3N4O2S. The zero-order valence-electron chi connectivity index (χ0n) is 12.2. The van der Waals surface area contributed by atoms with Gasteiger partial charge in [-0.3, -0.25) is 0 Å². The monoisotopic (exact) mass is 348 g/mol. The number of aryl methyl sites for hydroxylation is 1. The number of hydrogen-bond donors (Lipinski definition) is 1. The third-order valence-electron chi connectivity index (χ3n) is 3.18. The Morgan fingerprint density at radius 1 is 1.26 bits per heavy atom. The highest BCUT2D eigenvalue weighted by Crippen LogP contribution is 2.34. The van der Waals surface area contributed by atoms with Crippen molar-refractivity contribution in [2.75, 3.05) is 11.9 Å². The van der Waals surface area contributed by atoms with Gasteiger partial charge in [-0.05, 0) is 19.1 Å². The number of sulfone groups is 1. The predicted molar refractivity (Wildman–Crippen MR) is 77.6 cm³/mol. The van der Waals surface area contributed by atoms with Gasteiger partial charge in [0.1, 0.15) is 12.2 Å². The quantitative estimate of drug-likeness (QED) is 0.866. The van der Waals surface area contributed by atoms with Crippen molar-refractivity contribution in [3.8, 4) is 0 Å². The number of para-hydroxylation sites is 1. The van der Waals surface area contributed by atoms with Gasteiger partial charge in [-0.2, -0.15) is 13.2 Å². The first-order valence-electron chi connectivity index (χ1n) is 6.78. The number of rotatable bonds is 6. The molecule has 0 atom stereocenters. The van der Waals surface area contributed by atoms with Crippen LogP contribution in [-0.4, -0.2) is 35.2 Å². The Kier molecular flexibility index (Phi) is 4.93. The van der Waals surface area contributed by atoms with Crippen LogP contribution < -0.4 is 5.32 Å². The predicted octanol–water partition coefficient (Wildman–Crippen LogP) is 2.25. The van der Waals surface area contributed by atoms with Crippen LogP contribution in [0.1, 0.15) is 12.7 Å². The van der Waals surface area contributed by atoms with E-state index in [0.717, 1.165) is 6.07 Å². The molecule has 0 aliphatic heterocycles. The van der Waals surface area contributed by atoms with Gasteiger partial charge in [0.15, 0.2) is 0 Å². The molecule has 0 spiro atoms. The van der Waals surface area contributed by atoms with Crippen LogP contribution >= 0.6 is 0 Å². The lowest BCUT2D eigenvalue weighted by atomic mass is 10.3. The summed E-state index contributed by atoms with van der Waals surface area (Å²) in [6.45, 7) is 2.80. The molecule has 6 nitrogen and oxygen atoms in total. The molecule has 23 heavy (non-hydrogen) atoms. The Morgan fingerprint density at radius 3 is 2.61 bits per heavy atom. The third-order valence-corrected chi connectivity index (χ3v) is 4.73. The molecule has 0 aliphatic carbocycles. The van der Waals surface area contributed by atoms with Gasteiger partial charge in [0, 0.05) is 19.5 Å². The normalized spacial score (nSPS) is 12.3. The Hall–Kier alpha value is -2.10. The van der Waals surface area contributed by atoms with Crippen molar-refractivity contribution in [3.05, 3.63) is 36.4 Å². The largest absolute Gasteiger partial charge is 0.501 e. The van der Waals surface area contributed by atoms with Gasteiger partial charge in [-0.25, -0.2) is 8.42 Å². The number of nitrogens with one attached hydrogen (secondary N) is 1. The second-order valence-electron chi connectivity index (χ2n) is 4.66. The van der Waals surface area contributed by atoms with E-state index >= 15 is 0 Å². The number of alkyl halides is 3. The summed E-state index contributed by atoms with van der Waals surface area (Å²) in [5, 5.41) is 10.4. The Morgan fingerprint density at radius 2 is 1.96 bits per heavy atom. The van der Waals surface area contributed by atoms with Gasteiger partial charge in [0.05, 0.1) is 10.6 Å². The first-order valence-corrected chi connectivity index (χ1v) is 8.26. The summed E-state index contributed by atoms with van der Waals surface area (Å²) in [6.07, 6.45) is 1.95. The summed E-state index contributed by atoms with van der Waals surface area (Å²) in [5.41, 5.74) is -5.43. The molecule has 126 valence electrons. The highest BCUT2D eigenvalue weighted by atomic mass is 32.2. The first-order chi connectivity index (χ1) is 10.8. The molecule has 0 saturated carbocycles. The zero-order valence-corrected chi connectivity index (χ0v) is 13.0. The fourth-order valence-electron chi connectivity index (χ4n) is 2.02. The average molecular weight is 348 g/mol. The van der Waals surface area contributed by atoms with Gasteiger partial charge in [-0.15, -0.1) is 10.2 Å². The van der Waals surface area contributed by atoms with Gasteiger partial charge in [0.2, 0.25) is 0 Å². The summed E-state index contributed by atoms with van der Waals surface area (Å²) in [5.74, 6) is 0.663. The van der Waals surface area contributed by atoms with Gasteiger partial charge >= 0.3 is 5.51 Å². The van der Waals surface area contributed by atoms with E-state index in [9.17, 15) is 21.6 Å². The highest BCUT2D eigenvalue weighted by Gasteiger charge is 2.47. The number of benzene rings is 1. The van der Waals surface area contributed by atoms with E-state index in [2.05, 4.69) is 15.5 Å². The second kappa shape index (κ2) is 6.57. The van der Waals surface area contributed by atoms with Crippen LogP contribution in [0.5, 0.6) is 0 Å².